The fourth-order valence-electron chi connectivity index (χ4n) is 3.55. The molecule has 1 aromatic heterocycles. The van der Waals surface area contributed by atoms with Gasteiger partial charge in [-0.15, -0.1) is 11.8 Å². The van der Waals surface area contributed by atoms with Crippen LogP contribution in [0.15, 0.2) is 53.7 Å². The topological polar surface area (TPSA) is 38.1 Å². The molecule has 1 fully saturated rings. The minimum Gasteiger partial charge on any atom is -0.338 e. The summed E-state index contributed by atoms with van der Waals surface area (Å²) in [5, 5.41) is 0. The summed E-state index contributed by atoms with van der Waals surface area (Å²) >= 11 is 1.67. The highest BCUT2D eigenvalue weighted by atomic mass is 32.2. The van der Waals surface area contributed by atoms with Crippen molar-refractivity contribution < 1.29 is 9.18 Å². The van der Waals surface area contributed by atoms with E-state index in [0.717, 1.165) is 34.3 Å². The zero-order chi connectivity index (χ0) is 18.1. The molecular weight excluding hydrogens is 349 g/mol. The molecule has 1 saturated heterocycles. The molecule has 1 aliphatic heterocycles. The molecule has 0 N–H and O–H groups in total. The third-order valence-electron chi connectivity index (χ3n) is 5.02. The highest BCUT2D eigenvalue weighted by Gasteiger charge is 2.25. The minimum atomic E-state index is -0.249. The third kappa shape index (κ3) is 3.21. The van der Waals surface area contributed by atoms with Gasteiger partial charge in [0.2, 0.25) is 0 Å². The third-order valence-corrected chi connectivity index (χ3v) is 5.76. The first-order valence-electron chi connectivity index (χ1n) is 8.71. The van der Waals surface area contributed by atoms with Gasteiger partial charge in [0.05, 0.1) is 17.4 Å². The first kappa shape index (κ1) is 17.1. The molecule has 4 rings (SSSR count). The van der Waals surface area contributed by atoms with Crippen LogP contribution in [0.25, 0.3) is 11.0 Å². The zero-order valence-corrected chi connectivity index (χ0v) is 15.4. The Labute approximate surface area is 156 Å². The number of carbonyl (C=O) groups excluding carboxylic acids is 1. The molecule has 1 aliphatic rings. The number of hydrogen-bond donors (Lipinski definition) is 0. The molecule has 1 amide bonds. The first-order valence-corrected chi connectivity index (χ1v) is 9.93. The highest BCUT2D eigenvalue weighted by Crippen LogP contribution is 2.28. The molecule has 0 spiro atoms. The summed E-state index contributed by atoms with van der Waals surface area (Å²) in [5.41, 5.74) is 2.36. The van der Waals surface area contributed by atoms with Crippen molar-refractivity contribution >= 4 is 28.7 Å². The molecule has 6 heteroatoms. The van der Waals surface area contributed by atoms with Crippen LogP contribution >= 0.6 is 11.8 Å². The van der Waals surface area contributed by atoms with Crippen molar-refractivity contribution in [3.8, 4) is 0 Å². The Balaban J connectivity index is 1.46. The molecule has 0 saturated carbocycles. The molecule has 26 heavy (non-hydrogen) atoms. The van der Waals surface area contributed by atoms with E-state index < -0.39 is 0 Å². The highest BCUT2D eigenvalue weighted by molar-refractivity contribution is 7.98. The normalized spacial score (nSPS) is 15.5. The van der Waals surface area contributed by atoms with Crippen LogP contribution in [0.3, 0.4) is 0 Å². The minimum absolute atomic E-state index is 0.0811. The molecule has 2 heterocycles. The van der Waals surface area contributed by atoms with Crippen molar-refractivity contribution in [2.75, 3.05) is 19.3 Å². The molecule has 0 unspecified atom stereocenters. The molecule has 0 radical (unpaired) electrons. The fraction of sp³-hybridized carbons (Fsp3) is 0.300. The standard InChI is InChI=1S/C20H20FN3OS/c1-26-17-5-2-14(3-6-17)20(25)23-10-8-16(9-11-23)24-13-22-18-7-4-15(21)12-19(18)24/h2-7,12-13,16H,8-11H2,1H3. The average Bonchev–Trinajstić information content (AvgIpc) is 3.10. The van der Waals surface area contributed by atoms with Gasteiger partial charge in [-0.3, -0.25) is 4.79 Å². The van der Waals surface area contributed by atoms with Crippen molar-refractivity contribution in [2.45, 2.75) is 23.8 Å². The summed E-state index contributed by atoms with van der Waals surface area (Å²) in [6.07, 6.45) is 5.49. The second-order valence-electron chi connectivity index (χ2n) is 6.54. The van der Waals surface area contributed by atoms with Gasteiger partial charge < -0.3 is 9.47 Å². The molecule has 0 aliphatic carbocycles. The smallest absolute Gasteiger partial charge is 0.253 e. The number of likely N-dealkylation sites (tertiary alicyclic amines) is 1. The number of thioether (sulfide) groups is 1. The maximum absolute atomic E-state index is 13.6. The summed E-state index contributed by atoms with van der Waals surface area (Å²) in [5.74, 6) is -0.168. The van der Waals surface area contributed by atoms with Crippen LogP contribution in [0.4, 0.5) is 4.39 Å². The summed E-state index contributed by atoms with van der Waals surface area (Å²) in [7, 11) is 0. The number of amides is 1. The number of carbonyl (C=O) groups is 1. The number of hydrogen-bond acceptors (Lipinski definition) is 3. The zero-order valence-electron chi connectivity index (χ0n) is 14.6. The van der Waals surface area contributed by atoms with Crippen LogP contribution in [-0.2, 0) is 0 Å². The maximum atomic E-state index is 13.6. The van der Waals surface area contributed by atoms with E-state index in [9.17, 15) is 9.18 Å². The van der Waals surface area contributed by atoms with Crippen LogP contribution in [0.2, 0.25) is 0 Å². The predicted octanol–water partition coefficient (Wildman–Crippen LogP) is 4.37. The summed E-state index contributed by atoms with van der Waals surface area (Å²) in [6, 6.07) is 12.7. The molecule has 3 aromatic rings. The Morgan fingerprint density at radius 3 is 2.58 bits per heavy atom. The lowest BCUT2D eigenvalue weighted by Gasteiger charge is -2.33. The van der Waals surface area contributed by atoms with Crippen LogP contribution in [0, 0.1) is 5.82 Å². The molecule has 2 aromatic carbocycles. The van der Waals surface area contributed by atoms with Gasteiger partial charge in [0.15, 0.2) is 0 Å². The van der Waals surface area contributed by atoms with Gasteiger partial charge in [0.1, 0.15) is 5.82 Å². The van der Waals surface area contributed by atoms with Crippen molar-refractivity contribution in [1.29, 1.82) is 0 Å². The Bertz CT molecular complexity index is 930. The average molecular weight is 369 g/mol. The van der Waals surface area contributed by atoms with Gasteiger partial charge >= 0.3 is 0 Å². The second-order valence-corrected chi connectivity index (χ2v) is 7.42. The van der Waals surface area contributed by atoms with Crippen molar-refractivity contribution in [1.82, 2.24) is 14.5 Å². The summed E-state index contributed by atoms with van der Waals surface area (Å²) < 4.78 is 15.6. The van der Waals surface area contributed by atoms with E-state index >= 15 is 0 Å². The number of aromatic nitrogens is 2. The molecule has 134 valence electrons. The van der Waals surface area contributed by atoms with Crippen LogP contribution in [0.5, 0.6) is 0 Å². The van der Waals surface area contributed by atoms with E-state index in [1.165, 1.54) is 12.1 Å². The van der Waals surface area contributed by atoms with Crippen molar-refractivity contribution in [3.63, 3.8) is 0 Å². The van der Waals surface area contributed by atoms with E-state index in [1.807, 2.05) is 40.0 Å². The Kier molecular flexibility index (Phi) is 4.68. The summed E-state index contributed by atoms with van der Waals surface area (Å²) in [6.45, 7) is 1.39. The Morgan fingerprint density at radius 1 is 1.15 bits per heavy atom. The lowest BCUT2D eigenvalue weighted by Crippen LogP contribution is -2.39. The van der Waals surface area contributed by atoms with Crippen molar-refractivity contribution in [2.24, 2.45) is 0 Å². The van der Waals surface area contributed by atoms with E-state index in [1.54, 1.807) is 24.2 Å². The van der Waals surface area contributed by atoms with Crippen LogP contribution in [0.1, 0.15) is 29.2 Å². The lowest BCUT2D eigenvalue weighted by molar-refractivity contribution is 0.0696. The molecule has 0 atom stereocenters. The van der Waals surface area contributed by atoms with Gasteiger partial charge in [0, 0.05) is 29.6 Å². The van der Waals surface area contributed by atoms with E-state index in [2.05, 4.69) is 4.98 Å². The Morgan fingerprint density at radius 2 is 1.88 bits per heavy atom. The van der Waals surface area contributed by atoms with E-state index in [-0.39, 0.29) is 17.8 Å². The number of benzene rings is 2. The monoisotopic (exact) mass is 369 g/mol. The van der Waals surface area contributed by atoms with Crippen molar-refractivity contribution in [3.05, 3.63) is 60.2 Å². The Hall–Kier alpha value is -2.34. The predicted molar refractivity (Wildman–Crippen MR) is 102 cm³/mol. The van der Waals surface area contributed by atoms with Crippen LogP contribution in [-0.4, -0.2) is 39.7 Å². The maximum Gasteiger partial charge on any atom is 0.253 e. The van der Waals surface area contributed by atoms with E-state index in [0.29, 0.717) is 13.1 Å². The molecule has 4 nitrogen and oxygen atoms in total. The largest absolute Gasteiger partial charge is 0.338 e. The van der Waals surface area contributed by atoms with Gasteiger partial charge in [-0.1, -0.05) is 0 Å². The second kappa shape index (κ2) is 7.11. The molecule has 0 bridgehead atoms. The number of halogens is 1. The van der Waals surface area contributed by atoms with Crippen LogP contribution < -0.4 is 0 Å². The lowest BCUT2D eigenvalue weighted by atomic mass is 10.0. The van der Waals surface area contributed by atoms with Gasteiger partial charge in [0.25, 0.3) is 5.91 Å². The molecular formula is C20H20FN3OS. The number of piperidine rings is 1. The van der Waals surface area contributed by atoms with Gasteiger partial charge in [-0.25, -0.2) is 9.37 Å². The number of rotatable bonds is 3. The fourth-order valence-corrected chi connectivity index (χ4v) is 3.96. The van der Waals surface area contributed by atoms with Gasteiger partial charge in [-0.2, -0.15) is 0 Å². The SMILES string of the molecule is CSc1ccc(C(=O)N2CCC(n3cnc4ccc(F)cc43)CC2)cc1. The quantitative estimate of drug-likeness (QED) is 0.643. The number of nitrogens with zero attached hydrogens (tertiary/aromatic N) is 3. The first-order chi connectivity index (χ1) is 12.7. The van der Waals surface area contributed by atoms with E-state index in [4.69, 9.17) is 0 Å². The number of fused-ring (bicyclic) bond motifs is 1. The number of imidazole rings is 1. The van der Waals surface area contributed by atoms with Gasteiger partial charge in [-0.05, 0) is 61.6 Å². The summed E-state index contributed by atoms with van der Waals surface area (Å²) in [4.78, 5) is 20.1.